The molecule has 0 unspecified atom stereocenters. The van der Waals surface area contributed by atoms with Crippen LogP contribution in [0.5, 0.6) is 17.2 Å². The van der Waals surface area contributed by atoms with E-state index in [1.54, 1.807) is 24.3 Å². The van der Waals surface area contributed by atoms with E-state index in [2.05, 4.69) is 16.5 Å². The van der Waals surface area contributed by atoms with E-state index in [1.165, 1.54) is 13.8 Å². The number of rotatable bonds is 20. The van der Waals surface area contributed by atoms with E-state index in [4.69, 9.17) is 39.9 Å². The first-order valence-corrected chi connectivity index (χ1v) is 15.8. The summed E-state index contributed by atoms with van der Waals surface area (Å²) < 4.78 is 27.0. The van der Waals surface area contributed by atoms with Crippen LogP contribution in [0.2, 0.25) is 0 Å². The maximum Gasteiger partial charge on any atom is 0.441 e. The summed E-state index contributed by atoms with van der Waals surface area (Å²) in [5.41, 5.74) is 18.6. The largest absolute Gasteiger partial charge is 0.491 e. The van der Waals surface area contributed by atoms with Crippen molar-refractivity contribution in [1.29, 1.82) is 0 Å². The number of Topliss-reactive ketones (excluding diaryl/α,β-unsaturated/α-hetero) is 2. The smallest absolute Gasteiger partial charge is 0.441 e. The fourth-order valence-corrected chi connectivity index (χ4v) is 4.80. The first kappa shape index (κ1) is 38.5. The number of aliphatic hydroxyl groups excluding tert-OH is 1. The van der Waals surface area contributed by atoms with Crippen LogP contribution in [0.4, 0.5) is 0 Å². The zero-order chi connectivity index (χ0) is 36.5. The molecule has 50 heavy (non-hydrogen) atoms. The summed E-state index contributed by atoms with van der Waals surface area (Å²) in [6.45, 7) is 4.80. The lowest BCUT2D eigenvalue weighted by molar-refractivity contribution is -0.143. The molecule has 0 amide bonds. The van der Waals surface area contributed by atoms with Crippen molar-refractivity contribution in [3.63, 3.8) is 0 Å². The summed E-state index contributed by atoms with van der Waals surface area (Å²) in [4.78, 5) is 52.8. The molecule has 0 radical (unpaired) electrons. The molecule has 0 aliphatic heterocycles. The molecule has 1 N–H and O–H groups in total. The van der Waals surface area contributed by atoms with Gasteiger partial charge in [0.1, 0.15) is 50.3 Å². The molecule has 0 saturated heterocycles. The van der Waals surface area contributed by atoms with E-state index in [0.29, 0.717) is 17.2 Å². The van der Waals surface area contributed by atoms with Gasteiger partial charge in [-0.15, -0.1) is 0 Å². The lowest BCUT2D eigenvalue weighted by Crippen LogP contribution is -2.28. The third-order valence-corrected chi connectivity index (χ3v) is 7.58. The van der Waals surface area contributed by atoms with Gasteiger partial charge in [-0.25, -0.2) is 9.59 Å². The number of aliphatic hydroxyl groups is 1. The Labute approximate surface area is 288 Å². The van der Waals surface area contributed by atoms with Gasteiger partial charge < -0.3 is 39.9 Å². The molecule has 0 aromatic heterocycles. The van der Waals surface area contributed by atoms with Crippen molar-refractivity contribution in [3.05, 3.63) is 101 Å². The molecule has 0 heterocycles. The molecule has 0 bridgehead atoms. The summed E-state index contributed by atoms with van der Waals surface area (Å²) in [5, 5.41) is 9.12. The minimum Gasteiger partial charge on any atom is -0.491 e. The Kier molecular flexibility index (Phi) is 14.8. The predicted molar refractivity (Wildman–Crippen MR) is 178 cm³/mol. The summed E-state index contributed by atoms with van der Waals surface area (Å²) in [5.74, 6) is -1.74. The van der Waals surface area contributed by atoms with Gasteiger partial charge in [0.2, 0.25) is 0 Å². The highest BCUT2D eigenvalue weighted by atomic mass is 16.6. The van der Waals surface area contributed by atoms with Crippen molar-refractivity contribution in [2.75, 3.05) is 39.6 Å². The summed E-state index contributed by atoms with van der Waals surface area (Å²) in [7, 11) is 0. The van der Waals surface area contributed by atoms with Gasteiger partial charge in [-0.3, -0.25) is 9.59 Å². The molecule has 262 valence electrons. The fraction of sp³-hybridized carbons (Fsp3) is 0.333. The van der Waals surface area contributed by atoms with Gasteiger partial charge in [0.25, 0.3) is 11.6 Å². The molecule has 0 atom stereocenters. The number of nitrogens with zero attached hydrogens (tertiary/aromatic N) is 4. The van der Waals surface area contributed by atoms with E-state index in [9.17, 15) is 19.2 Å². The second-order valence-electron chi connectivity index (χ2n) is 10.7. The second kappa shape index (κ2) is 19.2. The number of ketones is 2. The normalized spacial score (nSPS) is 11.5. The SMILES string of the molecule is CCC(=O)C(=[N+]=[N-])C(=O)OCCOc1ccc(C(C)(c2ccc(OCCO)cc2)c2ccc(OCCOC(=O)C(=[N+]=[N-])C(=O)CC)cc2)cc1. The van der Waals surface area contributed by atoms with Crippen LogP contribution < -0.4 is 14.2 Å². The van der Waals surface area contributed by atoms with Gasteiger partial charge >= 0.3 is 23.4 Å². The zero-order valence-electron chi connectivity index (χ0n) is 28.0. The number of carbonyl (C=O) groups is 4. The number of hydrogen-bond acceptors (Lipinski definition) is 10. The van der Waals surface area contributed by atoms with E-state index in [0.717, 1.165) is 16.7 Å². The van der Waals surface area contributed by atoms with Crippen molar-refractivity contribution in [2.24, 2.45) is 0 Å². The molecule has 0 aliphatic carbocycles. The predicted octanol–water partition coefficient (Wildman–Crippen LogP) is 3.56. The Bertz CT molecular complexity index is 1640. The molecule has 0 spiro atoms. The van der Waals surface area contributed by atoms with Crippen molar-refractivity contribution in [2.45, 2.75) is 39.0 Å². The molecule has 14 nitrogen and oxygen atoms in total. The molecule has 3 aromatic carbocycles. The quantitative estimate of drug-likeness (QED) is 0.0348. The Morgan fingerprint density at radius 2 is 0.900 bits per heavy atom. The van der Waals surface area contributed by atoms with Gasteiger partial charge in [-0.2, -0.15) is 9.58 Å². The monoisotopic (exact) mass is 686 g/mol. The van der Waals surface area contributed by atoms with Gasteiger partial charge in [-0.1, -0.05) is 50.2 Å². The number of benzene rings is 3. The topological polar surface area (TPSA) is 207 Å². The average Bonchev–Trinajstić information content (AvgIpc) is 3.15. The third kappa shape index (κ3) is 10.0. The number of hydrogen-bond donors (Lipinski definition) is 1. The van der Waals surface area contributed by atoms with Gasteiger partial charge in [0.05, 0.1) is 6.61 Å². The molecular weight excluding hydrogens is 648 g/mol. The van der Waals surface area contributed by atoms with Crippen LogP contribution in [0.25, 0.3) is 11.1 Å². The Morgan fingerprint density at radius 3 is 1.18 bits per heavy atom. The third-order valence-electron chi connectivity index (χ3n) is 7.58. The van der Waals surface area contributed by atoms with E-state index in [-0.39, 0.29) is 52.5 Å². The van der Waals surface area contributed by atoms with Crippen molar-refractivity contribution in [3.8, 4) is 17.2 Å². The fourth-order valence-electron chi connectivity index (χ4n) is 4.80. The second-order valence-corrected chi connectivity index (χ2v) is 10.7. The average molecular weight is 687 g/mol. The lowest BCUT2D eigenvalue weighted by atomic mass is 9.71. The standard InChI is InChI=1S/C36H38N4O10/c1-4-30(42)32(39-37)34(44)49-22-20-47-28-14-8-25(9-15-28)36(3,24-6-12-27(13-7-24)46-19-18-41)26-10-16-29(17-11-26)48-21-23-50-35(45)33(40-38)31(43)5-2/h6-17,41H,4-5,18-23H2,1-3H3. The maximum absolute atomic E-state index is 12.0. The molecular formula is C36H38N4O10. The Balaban J connectivity index is 1.74. The van der Waals surface area contributed by atoms with Crippen molar-refractivity contribution >= 4 is 34.9 Å². The Hall–Kier alpha value is -5.94. The highest BCUT2D eigenvalue weighted by molar-refractivity contribution is 6.62. The van der Waals surface area contributed by atoms with Crippen LogP contribution in [0.3, 0.4) is 0 Å². The number of carbonyl (C=O) groups excluding carboxylic acids is 4. The highest BCUT2D eigenvalue weighted by Gasteiger charge is 2.32. The highest BCUT2D eigenvalue weighted by Crippen LogP contribution is 2.40. The molecule has 3 aromatic rings. The van der Waals surface area contributed by atoms with Crippen molar-refractivity contribution < 1.29 is 57.5 Å². The van der Waals surface area contributed by atoms with Crippen LogP contribution in [0.15, 0.2) is 72.8 Å². The van der Waals surface area contributed by atoms with Gasteiger partial charge in [0.15, 0.2) is 0 Å². The van der Waals surface area contributed by atoms with Crippen LogP contribution in [-0.2, 0) is 34.1 Å². The zero-order valence-corrected chi connectivity index (χ0v) is 28.0. The number of esters is 2. The summed E-state index contributed by atoms with van der Waals surface area (Å²) in [6.07, 6.45) is -0.0232. The van der Waals surface area contributed by atoms with E-state index < -0.39 is 40.3 Å². The van der Waals surface area contributed by atoms with Gasteiger partial charge in [0, 0.05) is 18.3 Å². The van der Waals surface area contributed by atoms with Crippen LogP contribution in [0, 0.1) is 0 Å². The first-order valence-electron chi connectivity index (χ1n) is 15.8. The molecule has 14 heteroatoms. The number of ether oxygens (including phenoxy) is 5. The summed E-state index contributed by atoms with van der Waals surface area (Å²) in [6, 6.07) is 22.2. The van der Waals surface area contributed by atoms with Gasteiger partial charge in [-0.05, 0) is 60.0 Å². The van der Waals surface area contributed by atoms with E-state index >= 15 is 0 Å². The lowest BCUT2D eigenvalue weighted by Gasteiger charge is -2.32. The van der Waals surface area contributed by atoms with Crippen LogP contribution in [0.1, 0.15) is 50.3 Å². The first-order chi connectivity index (χ1) is 24.1. The van der Waals surface area contributed by atoms with E-state index in [1.807, 2.05) is 48.5 Å². The molecule has 0 aliphatic rings. The summed E-state index contributed by atoms with van der Waals surface area (Å²) >= 11 is 0. The Morgan fingerprint density at radius 1 is 0.580 bits per heavy atom. The molecule has 3 rings (SSSR count). The van der Waals surface area contributed by atoms with Crippen LogP contribution >= 0.6 is 0 Å². The maximum atomic E-state index is 12.0. The van der Waals surface area contributed by atoms with Crippen LogP contribution in [-0.4, -0.2) is 89.3 Å². The minimum atomic E-state index is -1.03. The minimum absolute atomic E-state index is 0.00953. The molecule has 0 saturated carbocycles. The van der Waals surface area contributed by atoms with Crippen molar-refractivity contribution in [1.82, 2.24) is 0 Å². The molecule has 0 fully saturated rings.